The van der Waals surface area contributed by atoms with Gasteiger partial charge >= 0.3 is 0 Å². The highest BCUT2D eigenvalue weighted by atomic mass is 35.5. The van der Waals surface area contributed by atoms with Crippen molar-refractivity contribution in [2.45, 2.75) is 6.61 Å². The standard InChI is InChI=1S/C15H11ClO/c1-2-12-8-14(16)10-15(9-12)17-11-13-6-4-3-5-7-13/h1,3-10H,11H2. The molecule has 0 radical (unpaired) electrons. The molecule has 0 atom stereocenters. The van der Waals surface area contributed by atoms with Crippen molar-refractivity contribution in [3.05, 3.63) is 64.7 Å². The minimum Gasteiger partial charge on any atom is -0.489 e. The van der Waals surface area contributed by atoms with Crippen molar-refractivity contribution in [2.75, 3.05) is 0 Å². The van der Waals surface area contributed by atoms with E-state index in [4.69, 9.17) is 22.8 Å². The molecule has 0 saturated carbocycles. The first kappa shape index (κ1) is 11.6. The van der Waals surface area contributed by atoms with Crippen molar-refractivity contribution in [3.63, 3.8) is 0 Å². The first-order valence-corrected chi connectivity index (χ1v) is 5.59. The van der Waals surface area contributed by atoms with Gasteiger partial charge < -0.3 is 4.74 Å². The highest BCUT2D eigenvalue weighted by Gasteiger charge is 1.99. The highest BCUT2D eigenvalue weighted by molar-refractivity contribution is 6.30. The summed E-state index contributed by atoms with van der Waals surface area (Å²) in [7, 11) is 0. The number of halogens is 1. The maximum Gasteiger partial charge on any atom is 0.122 e. The quantitative estimate of drug-likeness (QED) is 0.742. The zero-order valence-corrected chi connectivity index (χ0v) is 9.95. The Bertz CT molecular complexity index is 541. The number of terminal acetylenes is 1. The Morgan fingerprint density at radius 3 is 2.59 bits per heavy atom. The van der Waals surface area contributed by atoms with Crippen LogP contribution in [-0.4, -0.2) is 0 Å². The molecule has 0 amide bonds. The van der Waals surface area contributed by atoms with Gasteiger partial charge in [-0.15, -0.1) is 6.42 Å². The normalized spacial score (nSPS) is 9.65. The molecule has 0 aliphatic rings. The lowest BCUT2D eigenvalue weighted by atomic mass is 10.2. The second kappa shape index (κ2) is 5.43. The fourth-order valence-corrected chi connectivity index (χ4v) is 1.70. The van der Waals surface area contributed by atoms with Gasteiger partial charge in [0.1, 0.15) is 12.4 Å². The van der Waals surface area contributed by atoms with E-state index >= 15 is 0 Å². The van der Waals surface area contributed by atoms with Crippen LogP contribution in [0.4, 0.5) is 0 Å². The van der Waals surface area contributed by atoms with Crippen molar-refractivity contribution in [2.24, 2.45) is 0 Å². The second-order valence-electron chi connectivity index (χ2n) is 3.59. The van der Waals surface area contributed by atoms with Crippen molar-refractivity contribution in [1.82, 2.24) is 0 Å². The van der Waals surface area contributed by atoms with E-state index in [1.165, 1.54) is 0 Å². The average molecular weight is 243 g/mol. The molecule has 0 N–H and O–H groups in total. The number of hydrogen-bond donors (Lipinski definition) is 0. The first-order chi connectivity index (χ1) is 8.28. The molecule has 2 aromatic carbocycles. The molecule has 0 aliphatic heterocycles. The molecule has 2 heteroatoms. The third kappa shape index (κ3) is 3.27. The van der Waals surface area contributed by atoms with Crippen LogP contribution in [0.5, 0.6) is 5.75 Å². The fourth-order valence-electron chi connectivity index (χ4n) is 1.47. The highest BCUT2D eigenvalue weighted by Crippen LogP contribution is 2.21. The zero-order chi connectivity index (χ0) is 12.1. The van der Waals surface area contributed by atoms with Gasteiger partial charge in [-0.25, -0.2) is 0 Å². The summed E-state index contributed by atoms with van der Waals surface area (Å²) in [5.74, 6) is 3.23. The van der Waals surface area contributed by atoms with Crippen LogP contribution >= 0.6 is 11.6 Å². The van der Waals surface area contributed by atoms with Gasteiger partial charge in [-0.2, -0.15) is 0 Å². The van der Waals surface area contributed by atoms with Crippen LogP contribution in [0.3, 0.4) is 0 Å². The molecule has 2 rings (SSSR count). The summed E-state index contributed by atoms with van der Waals surface area (Å²) >= 11 is 5.93. The molecule has 0 bridgehead atoms. The van der Waals surface area contributed by atoms with Crippen LogP contribution in [0.1, 0.15) is 11.1 Å². The summed E-state index contributed by atoms with van der Waals surface area (Å²) in [5, 5.41) is 0.587. The summed E-state index contributed by atoms with van der Waals surface area (Å²) in [6.07, 6.45) is 5.33. The predicted octanol–water partition coefficient (Wildman–Crippen LogP) is 3.90. The van der Waals surface area contributed by atoms with E-state index in [0.717, 1.165) is 11.1 Å². The molecule has 0 heterocycles. The molecule has 0 unspecified atom stereocenters. The minimum atomic E-state index is 0.505. The van der Waals surface area contributed by atoms with Gasteiger partial charge in [-0.3, -0.25) is 0 Å². The molecular weight excluding hydrogens is 232 g/mol. The molecule has 0 aliphatic carbocycles. The van der Waals surface area contributed by atoms with E-state index in [9.17, 15) is 0 Å². The Morgan fingerprint density at radius 1 is 1.12 bits per heavy atom. The maximum atomic E-state index is 5.93. The van der Waals surface area contributed by atoms with Gasteiger partial charge in [0.15, 0.2) is 0 Å². The number of benzene rings is 2. The third-order valence-electron chi connectivity index (χ3n) is 2.29. The molecule has 17 heavy (non-hydrogen) atoms. The Kier molecular flexibility index (Phi) is 3.69. The smallest absolute Gasteiger partial charge is 0.122 e. The van der Waals surface area contributed by atoms with Crippen molar-refractivity contribution in [3.8, 4) is 18.1 Å². The molecular formula is C15H11ClO. The van der Waals surface area contributed by atoms with Crippen molar-refractivity contribution >= 4 is 11.6 Å². The topological polar surface area (TPSA) is 9.23 Å². The third-order valence-corrected chi connectivity index (χ3v) is 2.50. The molecule has 0 aromatic heterocycles. The number of ether oxygens (including phenoxy) is 1. The van der Waals surface area contributed by atoms with Gasteiger partial charge in [-0.1, -0.05) is 47.9 Å². The zero-order valence-electron chi connectivity index (χ0n) is 9.19. The summed E-state index contributed by atoms with van der Waals surface area (Å²) in [6.45, 7) is 0.505. The Hall–Kier alpha value is -1.91. The van der Waals surface area contributed by atoms with E-state index < -0.39 is 0 Å². The van der Waals surface area contributed by atoms with Crippen LogP contribution in [-0.2, 0) is 6.61 Å². The fraction of sp³-hybridized carbons (Fsp3) is 0.0667. The van der Waals surface area contributed by atoms with E-state index in [2.05, 4.69) is 5.92 Å². The molecule has 2 aromatic rings. The monoisotopic (exact) mass is 242 g/mol. The van der Waals surface area contributed by atoms with Gasteiger partial charge in [0.05, 0.1) is 0 Å². The van der Waals surface area contributed by atoms with Crippen LogP contribution in [0.15, 0.2) is 48.5 Å². The molecule has 0 spiro atoms. The Labute approximate surface area is 106 Å². The maximum absolute atomic E-state index is 5.93. The number of rotatable bonds is 3. The molecule has 1 nitrogen and oxygen atoms in total. The summed E-state index contributed by atoms with van der Waals surface area (Å²) < 4.78 is 5.64. The number of hydrogen-bond acceptors (Lipinski definition) is 1. The Balaban J connectivity index is 2.10. The SMILES string of the molecule is C#Cc1cc(Cl)cc(OCc2ccccc2)c1. The largest absolute Gasteiger partial charge is 0.489 e. The Morgan fingerprint density at radius 2 is 1.88 bits per heavy atom. The van der Waals surface area contributed by atoms with E-state index in [0.29, 0.717) is 17.4 Å². The van der Waals surface area contributed by atoms with E-state index in [1.807, 2.05) is 30.3 Å². The summed E-state index contributed by atoms with van der Waals surface area (Å²) in [4.78, 5) is 0. The van der Waals surface area contributed by atoms with Crippen LogP contribution < -0.4 is 4.74 Å². The lowest BCUT2D eigenvalue weighted by Gasteiger charge is -2.07. The van der Waals surface area contributed by atoms with Crippen molar-refractivity contribution in [1.29, 1.82) is 0 Å². The average Bonchev–Trinajstić information content (AvgIpc) is 2.37. The van der Waals surface area contributed by atoms with E-state index in [-0.39, 0.29) is 0 Å². The van der Waals surface area contributed by atoms with Gasteiger partial charge in [0.2, 0.25) is 0 Å². The van der Waals surface area contributed by atoms with Crippen LogP contribution in [0, 0.1) is 12.3 Å². The lowest BCUT2D eigenvalue weighted by molar-refractivity contribution is 0.306. The van der Waals surface area contributed by atoms with Gasteiger partial charge in [0, 0.05) is 10.6 Å². The van der Waals surface area contributed by atoms with Crippen molar-refractivity contribution < 1.29 is 4.74 Å². The van der Waals surface area contributed by atoms with E-state index in [1.54, 1.807) is 18.2 Å². The predicted molar refractivity (Wildman–Crippen MR) is 70.2 cm³/mol. The molecule has 0 saturated heterocycles. The summed E-state index contributed by atoms with van der Waals surface area (Å²) in [6, 6.07) is 15.2. The van der Waals surface area contributed by atoms with Crippen LogP contribution in [0.2, 0.25) is 5.02 Å². The lowest BCUT2D eigenvalue weighted by Crippen LogP contribution is -1.95. The van der Waals surface area contributed by atoms with Gasteiger partial charge in [0.25, 0.3) is 0 Å². The van der Waals surface area contributed by atoms with Crippen LogP contribution in [0.25, 0.3) is 0 Å². The minimum absolute atomic E-state index is 0.505. The first-order valence-electron chi connectivity index (χ1n) is 5.22. The van der Waals surface area contributed by atoms with Gasteiger partial charge in [-0.05, 0) is 23.8 Å². The summed E-state index contributed by atoms with van der Waals surface area (Å²) in [5.41, 5.74) is 1.83. The second-order valence-corrected chi connectivity index (χ2v) is 4.03. The molecule has 84 valence electrons. The molecule has 0 fully saturated rings.